The minimum absolute atomic E-state index is 0.109. The Morgan fingerprint density at radius 3 is 2.58 bits per heavy atom. The van der Waals surface area contributed by atoms with Crippen LogP contribution in [-0.2, 0) is 9.53 Å². The Balaban J connectivity index is 1.54. The van der Waals surface area contributed by atoms with Gasteiger partial charge in [0.05, 0.1) is 33.5 Å². The van der Waals surface area contributed by atoms with Crippen LogP contribution in [0.5, 0.6) is 23.0 Å². The van der Waals surface area contributed by atoms with E-state index < -0.39 is 12.0 Å². The lowest BCUT2D eigenvalue weighted by Crippen LogP contribution is -2.39. The predicted molar refractivity (Wildman–Crippen MR) is 131 cm³/mol. The summed E-state index contributed by atoms with van der Waals surface area (Å²) in [4.78, 5) is 31.8. The maximum Gasteiger partial charge on any atom is 0.338 e. The van der Waals surface area contributed by atoms with Crippen molar-refractivity contribution in [2.24, 2.45) is 4.99 Å². The standard InChI is InChI=1S/C25H19ClN2O7S/c1-3-31-24(30)21-12(2)27-25-28(22(21)13-4-5-16-17(6-13)33-10-32-16)23(29)20(36-25)8-14-7-18-19(9-15(14)26)35-11-34-18/h4-9,22H,3,10-11H2,1-2H3/b20-8+/t22-/m0/s1. The molecule has 9 nitrogen and oxygen atoms in total. The van der Waals surface area contributed by atoms with Gasteiger partial charge in [0, 0.05) is 6.07 Å². The average Bonchev–Trinajstić information content (AvgIpc) is 3.57. The Kier molecular flexibility index (Phi) is 5.50. The molecule has 3 aliphatic heterocycles. The van der Waals surface area contributed by atoms with Crippen LogP contribution in [0, 0.1) is 0 Å². The zero-order valence-corrected chi connectivity index (χ0v) is 20.8. The second-order valence-corrected chi connectivity index (χ2v) is 9.56. The van der Waals surface area contributed by atoms with Crippen molar-refractivity contribution < 1.29 is 28.5 Å². The summed E-state index contributed by atoms with van der Waals surface area (Å²) in [5, 5.41) is 0.417. The molecule has 3 aromatic rings. The molecule has 184 valence electrons. The average molecular weight is 527 g/mol. The number of thiazole rings is 1. The van der Waals surface area contributed by atoms with Crippen LogP contribution < -0.4 is 33.8 Å². The monoisotopic (exact) mass is 526 g/mol. The summed E-state index contributed by atoms with van der Waals surface area (Å²) in [7, 11) is 0. The SMILES string of the molecule is CCOC(=O)C1=C(C)N=c2s/c(=C/c3cc4c(cc3Cl)OCO4)c(=O)n2[C@H]1c1ccc2c(c1)OCO2. The number of hydrogen-bond donors (Lipinski definition) is 0. The molecule has 6 rings (SSSR count). The molecule has 0 unspecified atom stereocenters. The van der Waals surface area contributed by atoms with Gasteiger partial charge in [-0.05, 0) is 49.2 Å². The van der Waals surface area contributed by atoms with Crippen molar-refractivity contribution in [1.82, 2.24) is 4.57 Å². The van der Waals surface area contributed by atoms with Crippen LogP contribution in [0.3, 0.4) is 0 Å². The predicted octanol–water partition coefficient (Wildman–Crippen LogP) is 2.91. The van der Waals surface area contributed by atoms with Crippen LogP contribution in [0.15, 0.2) is 51.4 Å². The fourth-order valence-electron chi connectivity index (χ4n) is 4.37. The largest absolute Gasteiger partial charge is 0.463 e. The molecule has 4 heterocycles. The van der Waals surface area contributed by atoms with Gasteiger partial charge < -0.3 is 23.7 Å². The number of halogens is 1. The van der Waals surface area contributed by atoms with Gasteiger partial charge in [-0.3, -0.25) is 9.36 Å². The summed E-state index contributed by atoms with van der Waals surface area (Å²) in [6.45, 7) is 3.88. The molecular weight excluding hydrogens is 508 g/mol. The number of nitrogens with zero attached hydrogens (tertiary/aromatic N) is 2. The molecule has 0 saturated heterocycles. The van der Waals surface area contributed by atoms with Crippen molar-refractivity contribution in [2.75, 3.05) is 20.2 Å². The van der Waals surface area contributed by atoms with E-state index in [1.54, 1.807) is 44.2 Å². The van der Waals surface area contributed by atoms with Crippen molar-refractivity contribution in [1.29, 1.82) is 0 Å². The molecule has 0 bridgehead atoms. The zero-order valence-electron chi connectivity index (χ0n) is 19.2. The van der Waals surface area contributed by atoms with E-state index in [1.165, 1.54) is 15.9 Å². The number of esters is 1. The molecular formula is C25H19ClN2O7S. The molecule has 36 heavy (non-hydrogen) atoms. The highest BCUT2D eigenvalue weighted by Gasteiger charge is 2.34. The van der Waals surface area contributed by atoms with Gasteiger partial charge in [-0.15, -0.1) is 0 Å². The molecule has 0 amide bonds. The lowest BCUT2D eigenvalue weighted by molar-refractivity contribution is -0.139. The number of fused-ring (bicyclic) bond motifs is 3. The van der Waals surface area contributed by atoms with Crippen LogP contribution in [0.25, 0.3) is 6.08 Å². The molecule has 1 aromatic heterocycles. The smallest absolute Gasteiger partial charge is 0.338 e. The van der Waals surface area contributed by atoms with Gasteiger partial charge in [-0.1, -0.05) is 29.0 Å². The lowest BCUT2D eigenvalue weighted by atomic mass is 9.95. The number of hydrogen-bond acceptors (Lipinski definition) is 9. The number of rotatable bonds is 4. The van der Waals surface area contributed by atoms with Crippen molar-refractivity contribution in [2.45, 2.75) is 19.9 Å². The Hall–Kier alpha value is -3.76. The summed E-state index contributed by atoms with van der Waals surface area (Å²) in [6, 6.07) is 7.97. The maximum atomic E-state index is 13.8. The Morgan fingerprint density at radius 1 is 1.14 bits per heavy atom. The summed E-state index contributed by atoms with van der Waals surface area (Å²) in [6.07, 6.45) is 1.69. The number of benzene rings is 2. The molecule has 2 aromatic carbocycles. The first-order valence-electron chi connectivity index (χ1n) is 11.1. The fraction of sp³-hybridized carbons (Fsp3) is 0.240. The second-order valence-electron chi connectivity index (χ2n) is 8.14. The van der Waals surface area contributed by atoms with Crippen LogP contribution in [0.1, 0.15) is 31.0 Å². The number of allylic oxidation sites excluding steroid dienone is 1. The quantitative estimate of drug-likeness (QED) is 0.482. The van der Waals surface area contributed by atoms with E-state index in [4.69, 9.17) is 35.3 Å². The first-order valence-corrected chi connectivity index (χ1v) is 12.3. The van der Waals surface area contributed by atoms with E-state index in [-0.39, 0.29) is 31.3 Å². The van der Waals surface area contributed by atoms with Gasteiger partial charge in [0.2, 0.25) is 13.6 Å². The van der Waals surface area contributed by atoms with Gasteiger partial charge in [-0.2, -0.15) is 0 Å². The molecule has 0 aliphatic carbocycles. The number of ether oxygens (including phenoxy) is 5. The number of carbonyl (C=O) groups is 1. The van der Waals surface area contributed by atoms with E-state index in [0.29, 0.717) is 54.2 Å². The minimum Gasteiger partial charge on any atom is -0.463 e. The van der Waals surface area contributed by atoms with Crippen LogP contribution in [-0.4, -0.2) is 30.7 Å². The third kappa shape index (κ3) is 3.64. The van der Waals surface area contributed by atoms with E-state index in [9.17, 15) is 9.59 Å². The van der Waals surface area contributed by atoms with Gasteiger partial charge in [0.25, 0.3) is 5.56 Å². The van der Waals surface area contributed by atoms with Crippen LogP contribution >= 0.6 is 22.9 Å². The highest BCUT2D eigenvalue weighted by atomic mass is 35.5. The van der Waals surface area contributed by atoms with Gasteiger partial charge >= 0.3 is 5.97 Å². The summed E-state index contributed by atoms with van der Waals surface area (Å²) in [5.41, 5.74) is 1.72. The molecule has 0 saturated carbocycles. The fourth-order valence-corrected chi connectivity index (χ4v) is 5.62. The molecule has 1 atom stereocenters. The normalized spacial score (nSPS) is 17.8. The van der Waals surface area contributed by atoms with Crippen LogP contribution in [0.4, 0.5) is 0 Å². The van der Waals surface area contributed by atoms with Crippen LogP contribution in [0.2, 0.25) is 5.02 Å². The van der Waals surface area contributed by atoms with Crippen molar-refractivity contribution in [3.63, 3.8) is 0 Å². The molecule has 0 N–H and O–H groups in total. The Labute approximate surface area is 213 Å². The van der Waals surface area contributed by atoms with Crippen molar-refractivity contribution >= 4 is 35.0 Å². The third-order valence-electron chi connectivity index (χ3n) is 6.01. The minimum atomic E-state index is -0.760. The maximum absolute atomic E-state index is 13.8. The number of carbonyl (C=O) groups excluding carboxylic acids is 1. The van der Waals surface area contributed by atoms with Gasteiger partial charge in [0.1, 0.15) is 0 Å². The highest BCUT2D eigenvalue weighted by molar-refractivity contribution is 7.07. The summed E-state index contributed by atoms with van der Waals surface area (Å²) in [5.74, 6) is 1.71. The van der Waals surface area contributed by atoms with Crippen molar-refractivity contribution in [3.05, 3.63) is 77.4 Å². The van der Waals surface area contributed by atoms with Crippen molar-refractivity contribution in [3.8, 4) is 23.0 Å². The van der Waals surface area contributed by atoms with E-state index in [1.807, 2.05) is 6.07 Å². The Morgan fingerprint density at radius 2 is 1.83 bits per heavy atom. The molecule has 0 spiro atoms. The molecule has 0 fully saturated rings. The topological polar surface area (TPSA) is 97.6 Å². The molecule has 3 aliphatic rings. The van der Waals surface area contributed by atoms with E-state index >= 15 is 0 Å². The molecule has 0 radical (unpaired) electrons. The first-order chi connectivity index (χ1) is 17.4. The van der Waals surface area contributed by atoms with E-state index in [2.05, 4.69) is 4.99 Å². The first kappa shape index (κ1) is 22.7. The van der Waals surface area contributed by atoms with Gasteiger partial charge in [-0.25, -0.2) is 9.79 Å². The Bertz CT molecular complexity index is 1640. The van der Waals surface area contributed by atoms with E-state index in [0.717, 1.165) is 0 Å². The molecule has 11 heteroatoms. The number of aromatic nitrogens is 1. The highest BCUT2D eigenvalue weighted by Crippen LogP contribution is 2.39. The second kappa shape index (κ2) is 8.72. The lowest BCUT2D eigenvalue weighted by Gasteiger charge is -2.24. The summed E-state index contributed by atoms with van der Waals surface area (Å²) < 4.78 is 29.0. The van der Waals surface area contributed by atoms with Gasteiger partial charge in [0.15, 0.2) is 27.8 Å². The summed E-state index contributed by atoms with van der Waals surface area (Å²) >= 11 is 7.66. The zero-order chi connectivity index (χ0) is 25.0. The third-order valence-corrected chi connectivity index (χ3v) is 7.32.